The molecule has 1 heterocycles. The number of amides is 2. The molecule has 2 fully saturated rings. The van der Waals surface area contributed by atoms with E-state index in [0.717, 1.165) is 25.7 Å². The number of carbonyl (C=O) groups is 2. The molecule has 0 aromatic rings. The number of hydrogen-bond acceptors (Lipinski definition) is 3. The summed E-state index contributed by atoms with van der Waals surface area (Å²) in [5.74, 6) is -0.632. The number of likely N-dealkylation sites (tertiary alicyclic amines) is 1. The predicted molar refractivity (Wildman–Crippen MR) is 64.1 cm³/mol. The van der Waals surface area contributed by atoms with Gasteiger partial charge in [-0.25, -0.2) is 9.59 Å². The number of nitrogens with one attached hydrogen (secondary N) is 1. The molecule has 2 rings (SSSR count). The molecule has 2 amide bonds. The van der Waals surface area contributed by atoms with Crippen molar-refractivity contribution in [2.75, 3.05) is 13.2 Å². The number of hydrogen-bond donors (Lipinski definition) is 3. The monoisotopic (exact) mass is 256 g/mol. The molecule has 0 radical (unpaired) electrons. The Bertz CT molecular complexity index is 334. The zero-order chi connectivity index (χ0) is 13.1. The van der Waals surface area contributed by atoms with Crippen LogP contribution in [0.2, 0.25) is 0 Å². The summed E-state index contributed by atoms with van der Waals surface area (Å²) in [6.07, 6.45) is 5.54. The van der Waals surface area contributed by atoms with Crippen molar-refractivity contribution in [3.8, 4) is 0 Å². The Balaban J connectivity index is 1.94. The van der Waals surface area contributed by atoms with Gasteiger partial charge in [-0.15, -0.1) is 0 Å². The number of rotatable bonds is 3. The van der Waals surface area contributed by atoms with Crippen LogP contribution in [-0.2, 0) is 4.79 Å². The standard InChI is InChI=1S/C12H20N2O4/c15-7-9(11(16)17)13-12(18)14-6-5-8-3-1-2-4-10(8)14/h8-10,15H,1-7H2,(H,13,18)(H,16,17). The minimum atomic E-state index is -1.21. The van der Waals surface area contributed by atoms with Gasteiger partial charge in [-0.3, -0.25) is 0 Å². The van der Waals surface area contributed by atoms with Gasteiger partial charge in [0.1, 0.15) is 0 Å². The molecule has 1 saturated carbocycles. The van der Waals surface area contributed by atoms with Gasteiger partial charge in [0.2, 0.25) is 0 Å². The van der Waals surface area contributed by atoms with E-state index < -0.39 is 18.6 Å². The minimum Gasteiger partial charge on any atom is -0.480 e. The third-order valence-corrected chi connectivity index (χ3v) is 4.05. The number of carboxylic acid groups (broad SMARTS) is 1. The van der Waals surface area contributed by atoms with Crippen LogP contribution in [0.25, 0.3) is 0 Å². The molecular formula is C12H20N2O4. The van der Waals surface area contributed by atoms with Gasteiger partial charge >= 0.3 is 12.0 Å². The fourth-order valence-corrected chi connectivity index (χ4v) is 3.08. The van der Waals surface area contributed by atoms with E-state index in [4.69, 9.17) is 10.2 Å². The van der Waals surface area contributed by atoms with E-state index in [1.165, 1.54) is 6.42 Å². The summed E-state index contributed by atoms with van der Waals surface area (Å²) in [5, 5.41) is 20.1. The maximum Gasteiger partial charge on any atom is 0.328 e. The summed E-state index contributed by atoms with van der Waals surface area (Å²) in [4.78, 5) is 24.5. The van der Waals surface area contributed by atoms with Crippen LogP contribution in [0.5, 0.6) is 0 Å². The highest BCUT2D eigenvalue weighted by Gasteiger charge is 2.38. The van der Waals surface area contributed by atoms with E-state index in [2.05, 4.69) is 5.32 Å². The first-order chi connectivity index (χ1) is 8.63. The van der Waals surface area contributed by atoms with Crippen LogP contribution in [0.3, 0.4) is 0 Å². The molecule has 6 heteroatoms. The Kier molecular flexibility index (Phi) is 4.06. The lowest BCUT2D eigenvalue weighted by atomic mass is 9.85. The molecule has 3 unspecified atom stereocenters. The molecule has 1 aliphatic carbocycles. The molecule has 6 nitrogen and oxygen atoms in total. The van der Waals surface area contributed by atoms with Crippen LogP contribution in [0.1, 0.15) is 32.1 Å². The van der Waals surface area contributed by atoms with Crippen LogP contribution in [-0.4, -0.2) is 52.3 Å². The van der Waals surface area contributed by atoms with Crippen molar-refractivity contribution < 1.29 is 19.8 Å². The molecular weight excluding hydrogens is 236 g/mol. The molecule has 0 aromatic carbocycles. The van der Waals surface area contributed by atoms with Crippen molar-refractivity contribution >= 4 is 12.0 Å². The third-order valence-electron chi connectivity index (χ3n) is 4.05. The average Bonchev–Trinajstić information content (AvgIpc) is 2.79. The molecule has 0 spiro atoms. The number of fused-ring (bicyclic) bond motifs is 1. The summed E-state index contributed by atoms with van der Waals surface area (Å²) in [7, 11) is 0. The van der Waals surface area contributed by atoms with Crippen molar-refractivity contribution in [2.24, 2.45) is 5.92 Å². The Morgan fingerprint density at radius 2 is 2.00 bits per heavy atom. The van der Waals surface area contributed by atoms with Gasteiger partial charge in [0, 0.05) is 12.6 Å². The second kappa shape index (κ2) is 5.56. The zero-order valence-electron chi connectivity index (χ0n) is 10.3. The fraction of sp³-hybridized carbons (Fsp3) is 0.833. The van der Waals surface area contributed by atoms with Crippen LogP contribution in [0, 0.1) is 5.92 Å². The van der Waals surface area contributed by atoms with Gasteiger partial charge in [0.25, 0.3) is 0 Å². The molecule has 0 aromatic heterocycles. The summed E-state index contributed by atoms with van der Waals surface area (Å²) < 4.78 is 0. The Labute approximate surface area is 106 Å². The van der Waals surface area contributed by atoms with Gasteiger partial charge in [-0.2, -0.15) is 0 Å². The third kappa shape index (κ3) is 2.58. The predicted octanol–water partition coefficient (Wildman–Crippen LogP) is 0.406. The van der Waals surface area contributed by atoms with Gasteiger partial charge in [-0.05, 0) is 25.2 Å². The molecule has 3 atom stereocenters. The molecule has 1 saturated heterocycles. The van der Waals surface area contributed by atoms with Crippen molar-refractivity contribution in [1.82, 2.24) is 10.2 Å². The first-order valence-electron chi connectivity index (χ1n) is 6.54. The lowest BCUT2D eigenvalue weighted by Crippen LogP contribution is -2.51. The van der Waals surface area contributed by atoms with Crippen LogP contribution in [0.15, 0.2) is 0 Å². The van der Waals surface area contributed by atoms with Gasteiger partial charge < -0.3 is 20.4 Å². The smallest absolute Gasteiger partial charge is 0.328 e. The minimum absolute atomic E-state index is 0.256. The van der Waals surface area contributed by atoms with E-state index in [1.54, 1.807) is 4.90 Å². The lowest BCUT2D eigenvalue weighted by Gasteiger charge is -2.32. The molecule has 2 aliphatic rings. The molecule has 18 heavy (non-hydrogen) atoms. The largest absolute Gasteiger partial charge is 0.480 e. The maximum atomic E-state index is 12.0. The van der Waals surface area contributed by atoms with Crippen molar-refractivity contribution in [3.05, 3.63) is 0 Å². The number of carboxylic acids is 1. The first kappa shape index (κ1) is 13.1. The highest BCUT2D eigenvalue weighted by molar-refractivity contribution is 5.83. The highest BCUT2D eigenvalue weighted by Crippen LogP contribution is 2.35. The van der Waals surface area contributed by atoms with E-state index in [0.29, 0.717) is 12.5 Å². The second-order valence-corrected chi connectivity index (χ2v) is 5.12. The van der Waals surface area contributed by atoms with Gasteiger partial charge in [0.05, 0.1) is 6.61 Å². The van der Waals surface area contributed by atoms with E-state index in [-0.39, 0.29) is 12.1 Å². The number of carbonyl (C=O) groups excluding carboxylic acids is 1. The Morgan fingerprint density at radius 3 is 2.67 bits per heavy atom. The zero-order valence-corrected chi connectivity index (χ0v) is 10.3. The number of aliphatic carboxylic acids is 1. The molecule has 3 N–H and O–H groups in total. The van der Waals surface area contributed by atoms with Gasteiger partial charge in [-0.1, -0.05) is 12.8 Å². The quantitative estimate of drug-likeness (QED) is 0.682. The SMILES string of the molecule is O=C(O)C(CO)NC(=O)N1CCC2CCCCC21. The topological polar surface area (TPSA) is 89.9 Å². The van der Waals surface area contributed by atoms with Crippen molar-refractivity contribution in [3.63, 3.8) is 0 Å². The number of nitrogens with zero attached hydrogens (tertiary/aromatic N) is 1. The van der Waals surface area contributed by atoms with Crippen LogP contribution >= 0.6 is 0 Å². The van der Waals surface area contributed by atoms with E-state index in [9.17, 15) is 9.59 Å². The first-order valence-corrected chi connectivity index (χ1v) is 6.54. The van der Waals surface area contributed by atoms with Crippen LogP contribution < -0.4 is 5.32 Å². The average molecular weight is 256 g/mol. The highest BCUT2D eigenvalue weighted by atomic mass is 16.4. The Morgan fingerprint density at radius 1 is 1.28 bits per heavy atom. The maximum absolute atomic E-state index is 12.0. The molecule has 102 valence electrons. The summed E-state index contributed by atoms with van der Waals surface area (Å²) in [6, 6.07) is -1.31. The summed E-state index contributed by atoms with van der Waals surface area (Å²) >= 11 is 0. The number of urea groups is 1. The van der Waals surface area contributed by atoms with Crippen molar-refractivity contribution in [1.29, 1.82) is 0 Å². The lowest BCUT2D eigenvalue weighted by molar-refractivity contribution is -0.140. The summed E-state index contributed by atoms with van der Waals surface area (Å²) in [5.41, 5.74) is 0. The number of aliphatic hydroxyl groups is 1. The fourth-order valence-electron chi connectivity index (χ4n) is 3.08. The van der Waals surface area contributed by atoms with Crippen molar-refractivity contribution in [2.45, 2.75) is 44.2 Å². The normalized spacial score (nSPS) is 28.6. The molecule has 0 bridgehead atoms. The van der Waals surface area contributed by atoms with Crippen LogP contribution in [0.4, 0.5) is 4.79 Å². The van der Waals surface area contributed by atoms with Gasteiger partial charge in [0.15, 0.2) is 6.04 Å². The second-order valence-electron chi connectivity index (χ2n) is 5.12. The number of aliphatic hydroxyl groups excluding tert-OH is 1. The Hall–Kier alpha value is -1.30. The molecule has 1 aliphatic heterocycles. The van der Waals surface area contributed by atoms with E-state index >= 15 is 0 Å². The van der Waals surface area contributed by atoms with E-state index in [1.807, 2.05) is 0 Å². The summed E-state index contributed by atoms with van der Waals surface area (Å²) in [6.45, 7) is 0.113.